The van der Waals surface area contributed by atoms with Crippen molar-refractivity contribution in [1.82, 2.24) is 15.6 Å². The van der Waals surface area contributed by atoms with Gasteiger partial charge in [0.25, 0.3) is 0 Å². The molecule has 2 N–H and O–H groups in total. The van der Waals surface area contributed by atoms with E-state index < -0.39 is 0 Å². The number of nitrogens with zero attached hydrogens (tertiary/aromatic N) is 2. The minimum atomic E-state index is 0. The second-order valence-corrected chi connectivity index (χ2v) is 8.15. The molecule has 148 valence electrons. The Morgan fingerprint density at radius 1 is 1.22 bits per heavy atom. The summed E-state index contributed by atoms with van der Waals surface area (Å²) >= 11 is 1.78. The number of nitrogens with one attached hydrogen (secondary N) is 2. The number of rotatable bonds is 7. The van der Waals surface area contributed by atoms with Gasteiger partial charge in [-0.05, 0) is 44.4 Å². The summed E-state index contributed by atoms with van der Waals surface area (Å²) in [6, 6.07) is 8.44. The summed E-state index contributed by atoms with van der Waals surface area (Å²) in [6.45, 7) is 5.92. The van der Waals surface area contributed by atoms with Crippen LogP contribution in [0.1, 0.15) is 34.0 Å². The fourth-order valence-corrected chi connectivity index (χ4v) is 4.00. The van der Waals surface area contributed by atoms with Crippen LogP contribution in [0.5, 0.6) is 5.75 Å². The first-order valence-electron chi connectivity index (χ1n) is 9.08. The van der Waals surface area contributed by atoms with Crippen molar-refractivity contribution in [3.05, 3.63) is 45.4 Å². The molecule has 0 spiro atoms. The third-order valence-electron chi connectivity index (χ3n) is 5.08. The molecule has 0 atom stereocenters. The van der Waals surface area contributed by atoms with E-state index >= 15 is 0 Å². The summed E-state index contributed by atoms with van der Waals surface area (Å²) in [5, 5.41) is 8.08. The van der Waals surface area contributed by atoms with Crippen molar-refractivity contribution < 1.29 is 4.74 Å². The fourth-order valence-electron chi connectivity index (χ4n) is 3.07. The van der Waals surface area contributed by atoms with E-state index in [1.807, 2.05) is 19.2 Å². The van der Waals surface area contributed by atoms with E-state index in [1.165, 1.54) is 28.3 Å². The maximum atomic E-state index is 5.26. The number of benzene rings is 1. The molecule has 1 saturated carbocycles. The van der Waals surface area contributed by atoms with Crippen molar-refractivity contribution in [3.63, 3.8) is 0 Å². The third-order valence-corrected chi connectivity index (χ3v) is 6.21. The lowest BCUT2D eigenvalue weighted by atomic mass is 9.96. The van der Waals surface area contributed by atoms with E-state index in [0.29, 0.717) is 0 Å². The van der Waals surface area contributed by atoms with Crippen LogP contribution in [0.25, 0.3) is 0 Å². The topological polar surface area (TPSA) is 58.5 Å². The van der Waals surface area contributed by atoms with Crippen molar-refractivity contribution in [1.29, 1.82) is 0 Å². The summed E-state index contributed by atoms with van der Waals surface area (Å²) in [7, 11) is 3.52. The number of hydrogen-bond acceptors (Lipinski definition) is 4. The van der Waals surface area contributed by atoms with Gasteiger partial charge < -0.3 is 15.4 Å². The van der Waals surface area contributed by atoms with Crippen LogP contribution in [0, 0.1) is 13.8 Å². The zero-order chi connectivity index (χ0) is 18.6. The molecule has 7 heteroatoms. The van der Waals surface area contributed by atoms with Crippen LogP contribution in [0.3, 0.4) is 0 Å². The first kappa shape index (κ1) is 21.9. The van der Waals surface area contributed by atoms with Gasteiger partial charge in [0.1, 0.15) is 5.75 Å². The fraction of sp³-hybridized carbons (Fsp3) is 0.500. The van der Waals surface area contributed by atoms with E-state index in [1.54, 1.807) is 18.4 Å². The van der Waals surface area contributed by atoms with Crippen LogP contribution in [0.4, 0.5) is 0 Å². The smallest absolute Gasteiger partial charge is 0.191 e. The van der Waals surface area contributed by atoms with Crippen molar-refractivity contribution in [3.8, 4) is 5.75 Å². The van der Waals surface area contributed by atoms with Gasteiger partial charge in [-0.1, -0.05) is 12.1 Å². The molecule has 1 aliphatic rings. The number of aliphatic imine (C=N–C) groups is 1. The number of aryl methyl sites for hydroxylation is 2. The molecule has 3 rings (SSSR count). The molecular formula is C20H29IN4OS. The summed E-state index contributed by atoms with van der Waals surface area (Å²) < 4.78 is 5.26. The zero-order valence-corrected chi connectivity index (χ0v) is 19.6. The van der Waals surface area contributed by atoms with Gasteiger partial charge in [0.05, 0.1) is 17.8 Å². The molecule has 0 saturated heterocycles. The normalized spacial score (nSPS) is 15.0. The molecule has 1 aromatic carbocycles. The lowest BCUT2D eigenvalue weighted by Gasteiger charge is -2.19. The first-order chi connectivity index (χ1) is 12.6. The minimum Gasteiger partial charge on any atom is -0.497 e. The molecule has 0 unspecified atom stereocenters. The molecule has 0 aliphatic heterocycles. The lowest BCUT2D eigenvalue weighted by Crippen LogP contribution is -2.41. The van der Waals surface area contributed by atoms with Crippen molar-refractivity contribution in [2.45, 2.75) is 38.5 Å². The standard InChI is InChI=1S/C20H28N4OS.HI/c1-14-15(2)26-18(24-14)9-12-22-19(21-3)23-13-20(10-11-20)16-5-7-17(25-4)8-6-16;/h5-8H,9-13H2,1-4H3,(H2,21,22,23);1H. The molecule has 0 amide bonds. The Bertz CT molecular complexity index is 749. The largest absolute Gasteiger partial charge is 0.497 e. The SMILES string of the molecule is CN=C(NCCc1nc(C)c(C)s1)NCC1(c2ccc(OC)cc2)CC1.I. The molecule has 5 nitrogen and oxygen atoms in total. The number of methoxy groups -OCH3 is 1. The lowest BCUT2D eigenvalue weighted by molar-refractivity contribution is 0.414. The summed E-state index contributed by atoms with van der Waals surface area (Å²) in [5.41, 5.74) is 2.74. The van der Waals surface area contributed by atoms with E-state index in [0.717, 1.165) is 36.9 Å². The second kappa shape index (κ2) is 9.73. The van der Waals surface area contributed by atoms with Crippen molar-refractivity contribution in [2.75, 3.05) is 27.2 Å². The Morgan fingerprint density at radius 2 is 1.93 bits per heavy atom. The molecule has 1 fully saturated rings. The van der Waals surface area contributed by atoms with Gasteiger partial charge in [-0.15, -0.1) is 35.3 Å². The second-order valence-electron chi connectivity index (χ2n) is 6.86. The first-order valence-corrected chi connectivity index (χ1v) is 9.90. The molecule has 2 aromatic rings. The predicted octanol–water partition coefficient (Wildman–Crippen LogP) is 3.83. The number of guanidine groups is 1. The Balaban J connectivity index is 0.00000261. The number of halogens is 1. The maximum absolute atomic E-state index is 5.26. The van der Waals surface area contributed by atoms with Gasteiger partial charge in [-0.2, -0.15) is 0 Å². The number of ether oxygens (including phenoxy) is 1. The Kier molecular flexibility index (Phi) is 7.91. The van der Waals surface area contributed by atoms with Gasteiger partial charge in [-0.3, -0.25) is 4.99 Å². The van der Waals surface area contributed by atoms with Crippen LogP contribution in [0.2, 0.25) is 0 Å². The van der Waals surface area contributed by atoms with E-state index in [9.17, 15) is 0 Å². The summed E-state index contributed by atoms with van der Waals surface area (Å²) in [6.07, 6.45) is 3.34. The molecule has 1 aromatic heterocycles. The average Bonchev–Trinajstić information content (AvgIpc) is 3.38. The number of hydrogen-bond donors (Lipinski definition) is 2. The van der Waals surface area contributed by atoms with Crippen molar-refractivity contribution in [2.24, 2.45) is 4.99 Å². The maximum Gasteiger partial charge on any atom is 0.191 e. The highest BCUT2D eigenvalue weighted by molar-refractivity contribution is 14.0. The molecule has 0 bridgehead atoms. The zero-order valence-electron chi connectivity index (χ0n) is 16.5. The van der Waals surface area contributed by atoms with Gasteiger partial charge in [0.15, 0.2) is 5.96 Å². The van der Waals surface area contributed by atoms with E-state index in [-0.39, 0.29) is 29.4 Å². The van der Waals surface area contributed by atoms with Crippen molar-refractivity contribution >= 4 is 41.3 Å². The van der Waals surface area contributed by atoms with Crippen LogP contribution in [0.15, 0.2) is 29.3 Å². The predicted molar refractivity (Wildman–Crippen MR) is 124 cm³/mol. The van der Waals surface area contributed by atoms with Crippen LogP contribution in [-0.4, -0.2) is 38.2 Å². The van der Waals surface area contributed by atoms with Gasteiger partial charge >= 0.3 is 0 Å². The van der Waals surface area contributed by atoms with Crippen LogP contribution in [-0.2, 0) is 11.8 Å². The van der Waals surface area contributed by atoms with E-state index in [4.69, 9.17) is 4.74 Å². The third kappa shape index (κ3) is 5.57. The van der Waals surface area contributed by atoms with E-state index in [2.05, 4.69) is 46.6 Å². The Hall–Kier alpha value is -1.35. The Morgan fingerprint density at radius 3 is 2.44 bits per heavy atom. The average molecular weight is 500 g/mol. The molecule has 0 radical (unpaired) electrons. The van der Waals surface area contributed by atoms with Crippen LogP contribution < -0.4 is 15.4 Å². The molecular weight excluding hydrogens is 471 g/mol. The van der Waals surface area contributed by atoms with Gasteiger partial charge in [0, 0.05) is 36.9 Å². The number of thiazole rings is 1. The highest BCUT2D eigenvalue weighted by Crippen LogP contribution is 2.47. The number of aromatic nitrogens is 1. The quantitative estimate of drug-likeness (QED) is 0.345. The monoisotopic (exact) mass is 500 g/mol. The minimum absolute atomic E-state index is 0. The highest BCUT2D eigenvalue weighted by Gasteiger charge is 2.44. The molecule has 27 heavy (non-hydrogen) atoms. The molecule has 1 aliphatic carbocycles. The van der Waals surface area contributed by atoms with Gasteiger partial charge in [0.2, 0.25) is 0 Å². The summed E-state index contributed by atoms with van der Waals surface area (Å²) in [4.78, 5) is 10.2. The molecule has 1 heterocycles. The van der Waals surface area contributed by atoms with Crippen LogP contribution >= 0.6 is 35.3 Å². The Labute approximate surface area is 183 Å². The highest BCUT2D eigenvalue weighted by atomic mass is 127. The van der Waals surface area contributed by atoms with Gasteiger partial charge in [-0.25, -0.2) is 4.98 Å². The summed E-state index contributed by atoms with van der Waals surface area (Å²) in [5.74, 6) is 1.76.